The zero-order valence-electron chi connectivity index (χ0n) is 16.3. The molecule has 0 spiro atoms. The molecule has 3 aromatic rings. The van der Waals surface area contributed by atoms with Crippen molar-refractivity contribution in [1.29, 1.82) is 0 Å². The Morgan fingerprint density at radius 2 is 1.73 bits per heavy atom. The molecule has 0 saturated carbocycles. The first kappa shape index (κ1) is 19.5. The fourth-order valence-corrected chi connectivity index (χ4v) is 6.23. The SMILES string of the molecule is O=C(c1ccc(Cl)c(S(=O)(=O)N2CCCCC2)c1)N1CCn2c1nc1ccccc12. The molecule has 5 rings (SSSR count). The Bertz CT molecular complexity index is 1250. The van der Waals surface area contributed by atoms with Crippen molar-refractivity contribution < 1.29 is 13.2 Å². The quantitative estimate of drug-likeness (QED) is 0.619. The van der Waals surface area contributed by atoms with Crippen LogP contribution in [0.3, 0.4) is 0 Å². The monoisotopic (exact) mass is 444 g/mol. The third-order valence-corrected chi connectivity index (χ3v) is 8.16. The van der Waals surface area contributed by atoms with Crippen molar-refractivity contribution in [3.8, 4) is 0 Å². The number of sulfonamides is 1. The smallest absolute Gasteiger partial charge is 0.260 e. The fraction of sp³-hybridized carbons (Fsp3) is 0.333. The Kier molecular flexibility index (Phi) is 4.80. The average Bonchev–Trinajstić information content (AvgIpc) is 3.33. The van der Waals surface area contributed by atoms with Crippen LogP contribution < -0.4 is 4.90 Å². The summed E-state index contributed by atoms with van der Waals surface area (Å²) in [7, 11) is -3.74. The van der Waals surface area contributed by atoms with E-state index < -0.39 is 10.0 Å². The normalized spacial score (nSPS) is 17.4. The van der Waals surface area contributed by atoms with Crippen molar-refractivity contribution in [2.45, 2.75) is 30.7 Å². The maximum atomic E-state index is 13.3. The van der Waals surface area contributed by atoms with Crippen molar-refractivity contribution in [3.05, 3.63) is 53.1 Å². The van der Waals surface area contributed by atoms with Crippen molar-refractivity contribution >= 4 is 44.5 Å². The number of piperidine rings is 1. The standard InChI is InChI=1S/C21H21ClN4O3S/c22-16-9-8-15(14-19(16)30(28,29)24-10-4-1-5-11-24)20(27)26-13-12-25-18-7-3-2-6-17(18)23-21(25)26/h2-3,6-9,14H,1,4-5,10-13H2. The maximum absolute atomic E-state index is 13.3. The van der Waals surface area contributed by atoms with Crippen LogP contribution in [-0.2, 0) is 16.6 Å². The number of imidazole rings is 1. The van der Waals surface area contributed by atoms with Crippen molar-refractivity contribution in [1.82, 2.24) is 13.9 Å². The number of halogens is 1. The summed E-state index contributed by atoms with van der Waals surface area (Å²) in [6, 6.07) is 12.2. The van der Waals surface area contributed by atoms with Gasteiger partial charge in [0, 0.05) is 31.7 Å². The predicted molar refractivity (Wildman–Crippen MR) is 115 cm³/mol. The summed E-state index contributed by atoms with van der Waals surface area (Å²) in [4.78, 5) is 19.5. The first-order valence-electron chi connectivity index (χ1n) is 10.0. The molecule has 1 fully saturated rings. The molecular weight excluding hydrogens is 424 g/mol. The Morgan fingerprint density at radius 3 is 2.53 bits per heavy atom. The molecular formula is C21H21ClN4O3S. The van der Waals surface area contributed by atoms with Gasteiger partial charge in [-0.2, -0.15) is 4.31 Å². The van der Waals surface area contributed by atoms with Crippen molar-refractivity contribution in [2.75, 3.05) is 24.5 Å². The number of fused-ring (bicyclic) bond motifs is 3. The van der Waals surface area contributed by atoms with E-state index in [9.17, 15) is 13.2 Å². The fourth-order valence-electron chi connectivity index (χ4n) is 4.22. The van der Waals surface area contributed by atoms with E-state index in [1.807, 2.05) is 28.8 Å². The molecule has 0 N–H and O–H groups in total. The molecule has 2 aromatic carbocycles. The molecule has 0 unspecified atom stereocenters. The number of hydrogen-bond donors (Lipinski definition) is 0. The largest absolute Gasteiger partial charge is 0.308 e. The third-order valence-electron chi connectivity index (χ3n) is 5.78. The summed E-state index contributed by atoms with van der Waals surface area (Å²) in [6.07, 6.45) is 2.69. The highest BCUT2D eigenvalue weighted by Gasteiger charge is 2.32. The van der Waals surface area contributed by atoms with E-state index in [0.717, 1.165) is 30.3 Å². The van der Waals surface area contributed by atoms with Crippen LogP contribution in [0, 0.1) is 0 Å². The van der Waals surface area contributed by atoms with Gasteiger partial charge in [-0.05, 0) is 43.2 Å². The van der Waals surface area contributed by atoms with Gasteiger partial charge in [0.2, 0.25) is 16.0 Å². The lowest BCUT2D eigenvalue weighted by molar-refractivity contribution is 0.0988. The number of carbonyl (C=O) groups is 1. The number of anilines is 1. The summed E-state index contributed by atoms with van der Waals surface area (Å²) in [5.74, 6) is 0.299. The van der Waals surface area contributed by atoms with E-state index in [0.29, 0.717) is 32.1 Å². The molecule has 7 nitrogen and oxygen atoms in total. The van der Waals surface area contributed by atoms with Crippen LogP contribution in [0.1, 0.15) is 29.6 Å². The van der Waals surface area contributed by atoms with Gasteiger partial charge in [-0.15, -0.1) is 0 Å². The van der Waals surface area contributed by atoms with Crippen LogP contribution in [0.25, 0.3) is 11.0 Å². The second-order valence-electron chi connectivity index (χ2n) is 7.62. The zero-order chi connectivity index (χ0) is 20.9. The topological polar surface area (TPSA) is 75.5 Å². The van der Waals surface area contributed by atoms with Gasteiger partial charge in [0.15, 0.2) is 0 Å². The molecule has 3 heterocycles. The molecule has 9 heteroatoms. The van der Waals surface area contributed by atoms with Crippen LogP contribution >= 0.6 is 11.6 Å². The van der Waals surface area contributed by atoms with Gasteiger partial charge in [-0.3, -0.25) is 9.69 Å². The molecule has 1 amide bonds. The Balaban J connectivity index is 1.50. The Morgan fingerprint density at radius 1 is 0.967 bits per heavy atom. The van der Waals surface area contributed by atoms with E-state index in [1.165, 1.54) is 16.4 Å². The Labute approximate surface area is 179 Å². The number of benzene rings is 2. The minimum atomic E-state index is -3.74. The first-order chi connectivity index (χ1) is 14.5. The lowest BCUT2D eigenvalue weighted by Gasteiger charge is -2.26. The summed E-state index contributed by atoms with van der Waals surface area (Å²) in [5.41, 5.74) is 2.09. The van der Waals surface area contributed by atoms with Crippen LogP contribution in [0.4, 0.5) is 5.95 Å². The molecule has 2 aliphatic heterocycles. The number of rotatable bonds is 3. The highest BCUT2D eigenvalue weighted by Crippen LogP contribution is 2.31. The van der Waals surface area contributed by atoms with Gasteiger partial charge in [-0.1, -0.05) is 30.2 Å². The number of hydrogen-bond acceptors (Lipinski definition) is 4. The molecule has 156 valence electrons. The van der Waals surface area contributed by atoms with Crippen LogP contribution in [0.5, 0.6) is 0 Å². The van der Waals surface area contributed by atoms with Gasteiger partial charge in [0.05, 0.1) is 16.1 Å². The summed E-state index contributed by atoms with van der Waals surface area (Å²) in [5, 5.41) is 0.130. The van der Waals surface area contributed by atoms with E-state index in [4.69, 9.17) is 11.6 Å². The average molecular weight is 445 g/mol. The van der Waals surface area contributed by atoms with Gasteiger partial charge in [0.1, 0.15) is 4.90 Å². The number of amides is 1. The van der Waals surface area contributed by atoms with E-state index in [-0.39, 0.29) is 21.4 Å². The third kappa shape index (κ3) is 3.10. The lowest BCUT2D eigenvalue weighted by Crippen LogP contribution is -2.36. The maximum Gasteiger partial charge on any atom is 0.260 e. The summed E-state index contributed by atoms with van der Waals surface area (Å²) < 4.78 is 29.7. The van der Waals surface area contributed by atoms with Crippen molar-refractivity contribution in [3.63, 3.8) is 0 Å². The van der Waals surface area contributed by atoms with E-state index >= 15 is 0 Å². The number of nitrogens with zero attached hydrogens (tertiary/aromatic N) is 4. The minimum Gasteiger partial charge on any atom is -0.308 e. The number of aromatic nitrogens is 2. The molecule has 0 radical (unpaired) electrons. The summed E-state index contributed by atoms with van der Waals surface area (Å²) >= 11 is 6.25. The number of para-hydroxylation sites is 2. The van der Waals surface area contributed by atoms with Crippen LogP contribution in [0.15, 0.2) is 47.4 Å². The van der Waals surface area contributed by atoms with E-state index in [2.05, 4.69) is 4.98 Å². The second kappa shape index (κ2) is 7.37. The molecule has 0 aliphatic carbocycles. The molecule has 1 aromatic heterocycles. The Hall–Kier alpha value is -2.42. The van der Waals surface area contributed by atoms with Crippen molar-refractivity contribution in [2.24, 2.45) is 0 Å². The predicted octanol–water partition coefficient (Wildman–Crippen LogP) is 3.52. The molecule has 2 aliphatic rings. The lowest BCUT2D eigenvalue weighted by atomic mass is 10.2. The van der Waals surface area contributed by atoms with Gasteiger partial charge >= 0.3 is 0 Å². The number of carbonyl (C=O) groups excluding carboxylic acids is 1. The molecule has 1 saturated heterocycles. The van der Waals surface area contributed by atoms with Crippen LogP contribution in [0.2, 0.25) is 5.02 Å². The molecule has 0 atom stereocenters. The minimum absolute atomic E-state index is 0.00961. The van der Waals surface area contributed by atoms with Crippen LogP contribution in [-0.4, -0.2) is 47.8 Å². The summed E-state index contributed by atoms with van der Waals surface area (Å²) in [6.45, 7) is 2.09. The highest BCUT2D eigenvalue weighted by atomic mass is 35.5. The molecule has 0 bridgehead atoms. The zero-order valence-corrected chi connectivity index (χ0v) is 17.9. The van der Waals surface area contributed by atoms with Gasteiger partial charge < -0.3 is 4.57 Å². The van der Waals surface area contributed by atoms with Gasteiger partial charge in [0.25, 0.3) is 5.91 Å². The first-order valence-corrected chi connectivity index (χ1v) is 11.9. The molecule has 30 heavy (non-hydrogen) atoms. The van der Waals surface area contributed by atoms with E-state index in [1.54, 1.807) is 11.0 Å². The highest BCUT2D eigenvalue weighted by molar-refractivity contribution is 7.89. The second-order valence-corrected chi connectivity index (χ2v) is 9.93. The van der Waals surface area contributed by atoms with Gasteiger partial charge in [-0.25, -0.2) is 13.4 Å².